The van der Waals surface area contributed by atoms with Gasteiger partial charge in [0.2, 0.25) is 0 Å². The fourth-order valence-electron chi connectivity index (χ4n) is 7.82. The number of carbonyl (C=O) groups is 3. The first-order valence-electron chi connectivity index (χ1n) is 17.2. The van der Waals surface area contributed by atoms with Crippen molar-refractivity contribution in [1.29, 1.82) is 0 Å². The number of ether oxygens (including phenoxy) is 1. The summed E-state index contributed by atoms with van der Waals surface area (Å²) in [6, 6.07) is 11.1. The number of nitrogens with two attached hydrogens (primary N) is 1. The summed E-state index contributed by atoms with van der Waals surface area (Å²) in [6.07, 6.45) is 3.48. The minimum atomic E-state index is -3.68. The Bertz CT molecular complexity index is 1670. The number of amides is 4. The van der Waals surface area contributed by atoms with E-state index in [2.05, 4.69) is 37.2 Å². The fraction of sp³-hybridized carbons (Fsp3) is 0.559. The zero-order chi connectivity index (χ0) is 35.6. The highest BCUT2D eigenvalue weighted by Crippen LogP contribution is 2.35. The molecule has 0 bridgehead atoms. The fourth-order valence-corrected chi connectivity index (χ4v) is 9.82. The highest BCUT2D eigenvalue weighted by Gasteiger charge is 2.37. The monoisotopic (exact) mass is 838 g/mol. The minimum absolute atomic E-state index is 0.0225. The summed E-state index contributed by atoms with van der Waals surface area (Å²) in [5.41, 5.74) is 2.64. The molecule has 272 valence electrons. The largest absolute Gasteiger partial charge is 0.506 e. The van der Waals surface area contributed by atoms with Crippen LogP contribution >= 0.6 is 31.9 Å². The Balaban J connectivity index is 1.07. The number of phenols is 1. The molecule has 4 aliphatic rings. The van der Waals surface area contributed by atoms with E-state index in [9.17, 15) is 27.9 Å². The molecule has 1 atom stereocenters. The van der Waals surface area contributed by atoms with Gasteiger partial charge in [-0.2, -0.15) is 12.7 Å². The quantitative estimate of drug-likeness (QED) is 0.365. The third-order valence-corrected chi connectivity index (χ3v) is 13.0. The summed E-state index contributed by atoms with van der Waals surface area (Å²) >= 11 is 6.72. The van der Waals surface area contributed by atoms with Crippen LogP contribution in [0.3, 0.4) is 0 Å². The Labute approximate surface area is 309 Å². The van der Waals surface area contributed by atoms with E-state index < -0.39 is 22.4 Å². The Hall–Kier alpha value is -2.92. The number of nitrogens with zero attached hydrogens (tertiary/aromatic N) is 4. The molecule has 4 N–H and O–H groups in total. The van der Waals surface area contributed by atoms with Crippen molar-refractivity contribution in [3.8, 4) is 5.75 Å². The van der Waals surface area contributed by atoms with E-state index in [1.165, 1.54) is 4.31 Å². The van der Waals surface area contributed by atoms with Crippen molar-refractivity contribution in [2.45, 2.75) is 63.5 Å². The van der Waals surface area contributed by atoms with Crippen molar-refractivity contribution in [2.75, 3.05) is 51.1 Å². The summed E-state index contributed by atoms with van der Waals surface area (Å²) in [5.74, 6) is 0.505. The summed E-state index contributed by atoms with van der Waals surface area (Å²) in [4.78, 5) is 46.0. The molecule has 4 amide bonds. The molecule has 0 radical (unpaired) electrons. The highest BCUT2D eigenvalue weighted by molar-refractivity contribution is 9.11. The summed E-state index contributed by atoms with van der Waals surface area (Å²) in [7, 11) is -3.68. The lowest BCUT2D eigenvalue weighted by molar-refractivity contribution is -0.142. The summed E-state index contributed by atoms with van der Waals surface area (Å²) in [6.45, 7) is 3.24. The number of hydrogen-bond donors (Lipinski definition) is 3. The van der Waals surface area contributed by atoms with Crippen molar-refractivity contribution in [2.24, 2.45) is 17.0 Å². The Kier molecular flexibility index (Phi) is 11.6. The van der Waals surface area contributed by atoms with Crippen molar-refractivity contribution in [1.82, 2.24) is 19.0 Å². The van der Waals surface area contributed by atoms with Crippen LogP contribution in [0, 0.1) is 11.8 Å². The van der Waals surface area contributed by atoms with E-state index in [-0.39, 0.29) is 30.2 Å². The number of aromatic hydroxyl groups is 1. The second-order valence-electron chi connectivity index (χ2n) is 13.7. The molecule has 2 aromatic carbocycles. The zero-order valence-corrected chi connectivity index (χ0v) is 31.8. The molecule has 0 aromatic heterocycles. The second-order valence-corrected chi connectivity index (χ2v) is 16.9. The van der Waals surface area contributed by atoms with Gasteiger partial charge in [-0.25, -0.2) is 14.7 Å². The van der Waals surface area contributed by atoms with Crippen LogP contribution in [0.1, 0.15) is 49.7 Å². The van der Waals surface area contributed by atoms with Gasteiger partial charge in [-0.15, -0.1) is 0 Å². The first kappa shape index (κ1) is 36.9. The van der Waals surface area contributed by atoms with Gasteiger partial charge in [0.25, 0.3) is 16.1 Å². The van der Waals surface area contributed by atoms with Crippen LogP contribution in [0.15, 0.2) is 45.3 Å². The molecule has 13 nitrogen and oxygen atoms in total. The number of para-hydroxylation sites is 1. The number of halogens is 2. The SMILES string of the molecule is NS(=O)(=O)N1CCC(C2CCN(C(=O)[C@@H](Cc3cc(Br)c(O)c(Br)c3)OC(=O)N3CCC(N4CCc5ccccc5NC4=O)CC3)CC2)CC1. The number of piperidine rings is 3. The molecular weight excluding hydrogens is 796 g/mol. The number of anilines is 1. The maximum atomic E-state index is 14.0. The molecule has 0 spiro atoms. The molecule has 3 saturated heterocycles. The minimum Gasteiger partial charge on any atom is -0.506 e. The third kappa shape index (κ3) is 8.57. The lowest BCUT2D eigenvalue weighted by Gasteiger charge is -2.40. The zero-order valence-electron chi connectivity index (χ0n) is 27.8. The predicted molar refractivity (Wildman–Crippen MR) is 195 cm³/mol. The van der Waals surface area contributed by atoms with E-state index in [1.54, 1.807) is 21.9 Å². The van der Waals surface area contributed by atoms with Crippen LogP contribution < -0.4 is 10.5 Å². The Morgan fingerprint density at radius 2 is 1.48 bits per heavy atom. The molecule has 50 heavy (non-hydrogen) atoms. The average Bonchev–Trinajstić information content (AvgIpc) is 3.27. The molecule has 0 aliphatic carbocycles. The van der Waals surface area contributed by atoms with Crippen LogP contribution in [0.4, 0.5) is 15.3 Å². The van der Waals surface area contributed by atoms with Crippen LogP contribution in [0.5, 0.6) is 5.75 Å². The van der Waals surface area contributed by atoms with Gasteiger partial charge in [0.15, 0.2) is 6.10 Å². The molecule has 4 heterocycles. The molecule has 0 saturated carbocycles. The number of fused-ring (bicyclic) bond motifs is 1. The average molecular weight is 841 g/mol. The van der Waals surface area contributed by atoms with Gasteiger partial charge in [-0.3, -0.25) is 4.79 Å². The van der Waals surface area contributed by atoms with E-state index in [0.29, 0.717) is 85.0 Å². The van der Waals surface area contributed by atoms with Crippen molar-refractivity contribution >= 4 is 65.8 Å². The van der Waals surface area contributed by atoms with Crippen LogP contribution in [0.25, 0.3) is 0 Å². The standard InChI is InChI=1S/C34H44Br2N6O7S/c35-27-19-22(20-28(36)31(27)43)21-30(32(44)39-12-5-23(6-13-39)24-7-16-41(17-8-24)50(37,47)48)49-34(46)40-14-10-26(11-15-40)42-18-9-25-3-1-2-4-29(25)38-33(42)45/h1-4,19-20,23-24,26,30,43H,5-18,21H2,(H,38,45)(H2,37,47,48)/t30-/m1/s1. The number of phenolic OH excluding ortho intramolecular Hbond substituents is 1. The first-order chi connectivity index (χ1) is 23.9. The number of nitrogens with one attached hydrogen (secondary N) is 1. The number of rotatable bonds is 7. The predicted octanol–water partition coefficient (Wildman–Crippen LogP) is 4.67. The number of hydrogen-bond acceptors (Lipinski definition) is 7. The van der Waals surface area contributed by atoms with E-state index in [0.717, 1.165) is 43.4 Å². The maximum Gasteiger partial charge on any atom is 0.410 e. The van der Waals surface area contributed by atoms with E-state index >= 15 is 0 Å². The maximum absolute atomic E-state index is 14.0. The molecule has 0 unspecified atom stereocenters. The normalized spacial score (nSPS) is 20.9. The first-order valence-corrected chi connectivity index (χ1v) is 20.3. The summed E-state index contributed by atoms with van der Waals surface area (Å²) in [5, 5.41) is 18.6. The second kappa shape index (κ2) is 15.8. The number of benzene rings is 2. The van der Waals surface area contributed by atoms with Gasteiger partial charge >= 0.3 is 12.1 Å². The molecule has 4 aliphatic heterocycles. The smallest absolute Gasteiger partial charge is 0.410 e. The van der Waals surface area contributed by atoms with Crippen LogP contribution in [0.2, 0.25) is 0 Å². The Morgan fingerprint density at radius 3 is 2.10 bits per heavy atom. The number of likely N-dealkylation sites (tertiary alicyclic amines) is 2. The van der Waals surface area contributed by atoms with Gasteiger partial charge in [0.05, 0.1) is 8.95 Å². The van der Waals surface area contributed by atoms with Crippen LogP contribution in [-0.2, 0) is 32.6 Å². The molecule has 6 rings (SSSR count). The Morgan fingerprint density at radius 1 is 0.900 bits per heavy atom. The molecular formula is C34H44Br2N6O7S. The third-order valence-electron chi connectivity index (χ3n) is 10.7. The number of carbonyl (C=O) groups excluding carboxylic acids is 3. The van der Waals surface area contributed by atoms with E-state index in [1.807, 2.05) is 29.2 Å². The molecule has 16 heteroatoms. The van der Waals surface area contributed by atoms with Gasteiger partial charge in [0, 0.05) is 64.0 Å². The topological polar surface area (TPSA) is 166 Å². The van der Waals surface area contributed by atoms with Crippen molar-refractivity contribution in [3.05, 3.63) is 56.5 Å². The van der Waals surface area contributed by atoms with E-state index in [4.69, 9.17) is 9.88 Å². The van der Waals surface area contributed by atoms with Gasteiger partial charge in [-0.1, -0.05) is 18.2 Å². The molecule has 3 fully saturated rings. The van der Waals surface area contributed by atoms with Gasteiger partial charge in [0.1, 0.15) is 5.75 Å². The van der Waals surface area contributed by atoms with Gasteiger partial charge in [-0.05, 0) is 118 Å². The van der Waals surface area contributed by atoms with Crippen LogP contribution in [-0.4, -0.2) is 109 Å². The number of urea groups is 1. The summed E-state index contributed by atoms with van der Waals surface area (Å²) < 4.78 is 31.7. The molecule has 2 aromatic rings. The van der Waals surface area contributed by atoms with Crippen molar-refractivity contribution < 1.29 is 32.6 Å². The van der Waals surface area contributed by atoms with Crippen molar-refractivity contribution in [3.63, 3.8) is 0 Å². The van der Waals surface area contributed by atoms with Gasteiger partial charge < -0.3 is 29.9 Å². The lowest BCUT2D eigenvalue weighted by Crippen LogP contribution is -2.52. The highest BCUT2D eigenvalue weighted by atomic mass is 79.9. The lowest BCUT2D eigenvalue weighted by atomic mass is 9.79.